The predicted molar refractivity (Wildman–Crippen MR) is 238 cm³/mol. The molecule has 12 rings (SSSR count). The highest BCUT2D eigenvalue weighted by Gasteiger charge is 2.66. The van der Waals surface area contributed by atoms with Crippen molar-refractivity contribution in [2.45, 2.75) is 47.2 Å². The number of ether oxygens (including phenoxy) is 2. The van der Waals surface area contributed by atoms with E-state index < -0.39 is 43.6 Å². The lowest BCUT2D eigenvalue weighted by atomic mass is 9.88. The van der Waals surface area contributed by atoms with Gasteiger partial charge < -0.3 is 29.0 Å². The first-order chi connectivity index (χ1) is 30.2. The van der Waals surface area contributed by atoms with Crippen LogP contribution in [0.15, 0.2) is 131 Å². The van der Waals surface area contributed by atoms with Crippen molar-refractivity contribution in [1.29, 1.82) is 0 Å². The van der Waals surface area contributed by atoms with Crippen molar-refractivity contribution in [2.24, 2.45) is 0 Å². The second-order valence-electron chi connectivity index (χ2n) is 16.4. The number of hydrogen-bond acceptors (Lipinski definition) is 9. The van der Waals surface area contributed by atoms with Gasteiger partial charge >= 0.3 is 5.97 Å². The summed E-state index contributed by atoms with van der Waals surface area (Å²) in [4.78, 5) is 28.2. The third kappa shape index (κ3) is 4.94. The molecule has 3 atom stereocenters. The average molecular weight is 878 g/mol. The summed E-state index contributed by atoms with van der Waals surface area (Å²) in [6.07, 6.45) is -1.21. The van der Waals surface area contributed by atoms with Crippen LogP contribution in [-0.2, 0) is 46.6 Å². The van der Waals surface area contributed by atoms with E-state index >= 15 is 0 Å². The number of carbonyl (C=O) groups is 2. The molecule has 3 aliphatic rings. The van der Waals surface area contributed by atoms with E-state index in [1.54, 1.807) is 96.4 Å². The molecule has 14 nitrogen and oxygen atoms in total. The van der Waals surface area contributed by atoms with Gasteiger partial charge in [0.2, 0.25) is 5.60 Å². The van der Waals surface area contributed by atoms with E-state index in [1.165, 1.54) is 7.11 Å². The number of nitrogens with one attached hydrogen (secondary N) is 3. The molecule has 1 fully saturated rings. The lowest BCUT2D eigenvalue weighted by molar-refractivity contribution is -0.202. The zero-order chi connectivity index (χ0) is 43.4. The lowest BCUT2D eigenvalue weighted by Crippen LogP contribution is -2.56. The molecule has 3 unspecified atom stereocenters. The maximum absolute atomic E-state index is 14.2. The van der Waals surface area contributed by atoms with Gasteiger partial charge in [0.15, 0.2) is 5.72 Å². The molecular weight excluding hydrogens is 843 g/mol. The Balaban J connectivity index is 1.13. The van der Waals surface area contributed by atoms with Crippen molar-refractivity contribution in [3.05, 3.63) is 132 Å². The highest BCUT2D eigenvalue weighted by molar-refractivity contribution is 7.93. The van der Waals surface area contributed by atoms with Gasteiger partial charge in [0, 0.05) is 56.7 Å². The summed E-state index contributed by atoms with van der Waals surface area (Å²) in [6.45, 7) is 1.73. The van der Waals surface area contributed by atoms with E-state index in [9.17, 15) is 31.5 Å². The SMILES string of the molecule is COC(=O)C1(O)CC2OC1(C)n1c3ccc(NS(=O)(=O)c4cccc5ccccc45)cc3c3c4c(c5c6cc(NS(=O)(=O)c7cccc8ccccc78)ccc6n2c5c31)C(=O)NC4. The third-order valence-electron chi connectivity index (χ3n) is 13.1. The summed E-state index contributed by atoms with van der Waals surface area (Å²) in [5.41, 5.74) is -0.467. The molecule has 9 aromatic rings. The Kier molecular flexibility index (Phi) is 7.53. The van der Waals surface area contributed by atoms with Gasteiger partial charge in [0.1, 0.15) is 6.23 Å². The van der Waals surface area contributed by atoms with Crippen LogP contribution < -0.4 is 14.8 Å². The standard InChI is InChI=1S/C47H35N5O9S2/c1-46-47(55,45(54)60-2)23-38(61-46)51-34-19-17-27(49-62(56,57)36-15-7-11-25-9-3-5-13-29(25)36)21-31(34)40-41-33(24-48-44(41)53)39-32-22-28(18-20-35(32)52(46)43(39)42(40)51)50-63(58,59)37-16-8-12-26-10-4-6-14-30(26)37/h3-22,38,49-50,55H,23-24H2,1-2H3,(H,48,53). The van der Waals surface area contributed by atoms with Gasteiger partial charge in [-0.25, -0.2) is 21.6 Å². The molecule has 314 valence electrons. The number of esters is 1. The number of nitrogens with zero attached hydrogens (tertiary/aromatic N) is 2. The fourth-order valence-electron chi connectivity index (χ4n) is 10.4. The molecule has 0 radical (unpaired) electrons. The van der Waals surface area contributed by atoms with Crippen molar-refractivity contribution in [3.63, 3.8) is 0 Å². The van der Waals surface area contributed by atoms with E-state index in [0.717, 1.165) is 10.8 Å². The Morgan fingerprint density at radius 3 is 1.90 bits per heavy atom. The Morgan fingerprint density at radius 1 is 0.746 bits per heavy atom. The number of carbonyl (C=O) groups excluding carboxylic acids is 2. The van der Waals surface area contributed by atoms with Crippen LogP contribution in [0.4, 0.5) is 11.4 Å². The first-order valence-corrected chi connectivity index (χ1v) is 23.1. The summed E-state index contributed by atoms with van der Waals surface area (Å²) < 4.78 is 77.6. The summed E-state index contributed by atoms with van der Waals surface area (Å²) in [7, 11) is -7.06. The molecular formula is C47H35N5O9S2. The van der Waals surface area contributed by atoms with E-state index in [4.69, 9.17) is 9.47 Å². The second kappa shape index (κ2) is 12.6. The largest absolute Gasteiger partial charge is 0.467 e. The number of aromatic nitrogens is 2. The molecule has 0 saturated carbocycles. The number of hydrogen-bond donors (Lipinski definition) is 4. The number of rotatable bonds is 7. The van der Waals surface area contributed by atoms with Crippen molar-refractivity contribution >= 4 is 108 Å². The molecule has 4 N–H and O–H groups in total. The molecule has 1 amide bonds. The molecule has 63 heavy (non-hydrogen) atoms. The number of aliphatic hydroxyl groups is 1. The topological polar surface area (TPSA) is 187 Å². The zero-order valence-electron chi connectivity index (χ0n) is 33.5. The Morgan fingerprint density at radius 2 is 1.30 bits per heavy atom. The number of sulfonamides is 2. The molecule has 2 bridgehead atoms. The molecule has 1 saturated heterocycles. The number of methoxy groups -OCH3 is 1. The molecule has 3 aliphatic heterocycles. The fourth-order valence-corrected chi connectivity index (χ4v) is 13.0. The monoisotopic (exact) mass is 877 g/mol. The van der Waals surface area contributed by atoms with Gasteiger partial charge in [-0.2, -0.15) is 0 Å². The number of fused-ring (bicyclic) bond motifs is 15. The van der Waals surface area contributed by atoms with Crippen LogP contribution in [0, 0.1) is 0 Å². The zero-order valence-corrected chi connectivity index (χ0v) is 35.1. The minimum atomic E-state index is -4.13. The molecule has 0 spiro atoms. The first-order valence-electron chi connectivity index (χ1n) is 20.1. The summed E-state index contributed by atoms with van der Waals surface area (Å²) >= 11 is 0. The van der Waals surface area contributed by atoms with Crippen molar-refractivity contribution in [2.75, 3.05) is 16.6 Å². The predicted octanol–water partition coefficient (Wildman–Crippen LogP) is 7.56. The summed E-state index contributed by atoms with van der Waals surface area (Å²) in [5.74, 6) is -1.27. The highest BCUT2D eigenvalue weighted by atomic mass is 32.2. The molecule has 2 aromatic heterocycles. The number of anilines is 2. The third-order valence-corrected chi connectivity index (χ3v) is 16.0. The maximum atomic E-state index is 14.2. The minimum absolute atomic E-state index is 0.0965. The number of benzene rings is 7. The van der Waals surface area contributed by atoms with Crippen LogP contribution in [0.3, 0.4) is 0 Å². The van der Waals surface area contributed by atoms with E-state index in [0.29, 0.717) is 65.5 Å². The van der Waals surface area contributed by atoms with E-state index in [-0.39, 0.29) is 40.0 Å². The van der Waals surface area contributed by atoms with Gasteiger partial charge in [-0.1, -0.05) is 72.8 Å². The van der Waals surface area contributed by atoms with Gasteiger partial charge in [0.05, 0.1) is 44.5 Å². The Labute approximate surface area is 358 Å². The Bertz CT molecular complexity index is 3810. The maximum Gasteiger partial charge on any atom is 0.343 e. The van der Waals surface area contributed by atoms with Crippen molar-refractivity contribution in [1.82, 2.24) is 14.5 Å². The first kappa shape index (κ1) is 37.8. The van der Waals surface area contributed by atoms with Gasteiger partial charge in [-0.05, 0) is 71.8 Å². The van der Waals surface area contributed by atoms with Crippen molar-refractivity contribution < 1.29 is 41.0 Å². The molecule has 16 heteroatoms. The second-order valence-corrected chi connectivity index (χ2v) is 19.7. The van der Waals surface area contributed by atoms with Crippen LogP contribution in [-0.4, -0.2) is 55.7 Å². The summed E-state index contributed by atoms with van der Waals surface area (Å²) in [5, 5.41) is 20.4. The van der Waals surface area contributed by atoms with Crippen molar-refractivity contribution in [3.8, 4) is 0 Å². The number of amides is 1. The quantitative estimate of drug-likeness (QED) is 0.117. The molecule has 5 heterocycles. The molecule has 7 aromatic carbocycles. The smallest absolute Gasteiger partial charge is 0.343 e. The molecule has 0 aliphatic carbocycles. The lowest BCUT2D eigenvalue weighted by Gasteiger charge is -2.37. The van der Waals surface area contributed by atoms with E-state index in [2.05, 4.69) is 14.8 Å². The summed E-state index contributed by atoms with van der Waals surface area (Å²) in [6, 6.07) is 34.6. The van der Waals surface area contributed by atoms with Gasteiger partial charge in [-0.3, -0.25) is 14.2 Å². The Hall–Kier alpha value is -6.98. The van der Waals surface area contributed by atoms with Crippen LogP contribution in [0.25, 0.3) is 65.2 Å². The highest BCUT2D eigenvalue weighted by Crippen LogP contribution is 2.58. The van der Waals surface area contributed by atoms with Gasteiger partial charge in [0.25, 0.3) is 26.0 Å². The van der Waals surface area contributed by atoms with E-state index in [1.807, 2.05) is 41.0 Å². The van der Waals surface area contributed by atoms with Crippen LogP contribution >= 0.6 is 0 Å². The van der Waals surface area contributed by atoms with Crippen LogP contribution in [0.1, 0.15) is 35.5 Å². The van der Waals surface area contributed by atoms with Gasteiger partial charge in [-0.15, -0.1) is 0 Å². The van der Waals surface area contributed by atoms with Crippen LogP contribution in [0.2, 0.25) is 0 Å². The van der Waals surface area contributed by atoms with Crippen LogP contribution in [0.5, 0.6) is 0 Å². The average Bonchev–Trinajstić information content (AvgIpc) is 3.98. The minimum Gasteiger partial charge on any atom is -0.467 e. The fraction of sp³-hybridized carbons (Fsp3) is 0.149. The normalized spacial score (nSPS) is 20.6.